The van der Waals surface area contributed by atoms with E-state index >= 15 is 0 Å². The molecule has 0 amide bonds. The van der Waals surface area contributed by atoms with Crippen LogP contribution in [0.3, 0.4) is 0 Å². The third kappa shape index (κ3) is 2.19. The molecule has 0 radical (unpaired) electrons. The number of nitrogen functional groups attached to an aromatic ring is 1. The molecular formula is C13H16N4. The molecule has 17 heavy (non-hydrogen) atoms. The van der Waals surface area contributed by atoms with Gasteiger partial charge in [-0.2, -0.15) is 5.26 Å². The molecule has 3 rings (SSSR count). The number of rotatable bonds is 4. The van der Waals surface area contributed by atoms with Crippen LogP contribution in [0.25, 0.3) is 0 Å². The van der Waals surface area contributed by atoms with Gasteiger partial charge in [0.15, 0.2) is 5.69 Å². The van der Waals surface area contributed by atoms with Crippen LogP contribution in [0.15, 0.2) is 12.1 Å². The van der Waals surface area contributed by atoms with Crippen molar-refractivity contribution in [3.8, 4) is 6.07 Å². The van der Waals surface area contributed by atoms with Gasteiger partial charge in [0.1, 0.15) is 11.9 Å². The normalized spacial score (nSPS) is 19.1. The Morgan fingerprint density at radius 2 is 1.94 bits per heavy atom. The standard InChI is InChI=1S/C13H16N4/c14-7-11-10(15)5-6-12(16-11)17-13(8-1-2-8)9-3-4-9/h5-6,8-9,13H,1-4,15H2,(H,16,17). The maximum Gasteiger partial charge on any atom is 0.165 e. The molecule has 4 heteroatoms. The van der Waals surface area contributed by atoms with Gasteiger partial charge in [0, 0.05) is 6.04 Å². The molecule has 2 saturated carbocycles. The van der Waals surface area contributed by atoms with Crippen molar-refractivity contribution in [2.24, 2.45) is 11.8 Å². The summed E-state index contributed by atoms with van der Waals surface area (Å²) in [5, 5.41) is 12.4. The van der Waals surface area contributed by atoms with Crippen molar-refractivity contribution < 1.29 is 0 Å². The summed E-state index contributed by atoms with van der Waals surface area (Å²) in [4.78, 5) is 4.25. The highest BCUT2D eigenvalue weighted by Gasteiger charge is 2.41. The summed E-state index contributed by atoms with van der Waals surface area (Å²) in [5.74, 6) is 2.42. The van der Waals surface area contributed by atoms with E-state index < -0.39 is 0 Å². The van der Waals surface area contributed by atoms with Crippen LogP contribution < -0.4 is 11.1 Å². The molecule has 1 heterocycles. The molecule has 3 N–H and O–H groups in total. The molecule has 2 fully saturated rings. The second-order valence-corrected chi connectivity index (χ2v) is 5.09. The van der Waals surface area contributed by atoms with Gasteiger partial charge in [0.2, 0.25) is 0 Å². The summed E-state index contributed by atoms with van der Waals surface area (Å²) in [5.41, 5.74) is 6.43. The number of aromatic nitrogens is 1. The van der Waals surface area contributed by atoms with Crippen LogP contribution in [-0.2, 0) is 0 Å². The average molecular weight is 228 g/mol. The van der Waals surface area contributed by atoms with E-state index in [1.807, 2.05) is 12.1 Å². The number of nitrogens with zero attached hydrogens (tertiary/aromatic N) is 2. The van der Waals surface area contributed by atoms with Crippen LogP contribution >= 0.6 is 0 Å². The van der Waals surface area contributed by atoms with Crippen LogP contribution in [0.4, 0.5) is 11.5 Å². The molecular weight excluding hydrogens is 212 g/mol. The number of pyridine rings is 1. The molecule has 0 atom stereocenters. The van der Waals surface area contributed by atoms with Gasteiger partial charge in [0.05, 0.1) is 5.69 Å². The first-order valence-corrected chi connectivity index (χ1v) is 6.21. The Kier molecular flexibility index (Phi) is 2.40. The van der Waals surface area contributed by atoms with Crippen molar-refractivity contribution in [2.75, 3.05) is 11.1 Å². The fraction of sp³-hybridized carbons (Fsp3) is 0.538. The molecule has 0 aliphatic heterocycles. The van der Waals surface area contributed by atoms with E-state index in [9.17, 15) is 0 Å². The van der Waals surface area contributed by atoms with Crippen LogP contribution in [0.1, 0.15) is 31.4 Å². The Labute approximate surface area is 101 Å². The predicted molar refractivity (Wildman–Crippen MR) is 66.2 cm³/mol. The maximum atomic E-state index is 8.90. The minimum absolute atomic E-state index is 0.320. The molecule has 88 valence electrons. The fourth-order valence-electron chi connectivity index (χ4n) is 2.34. The maximum absolute atomic E-state index is 8.90. The molecule has 4 nitrogen and oxygen atoms in total. The summed E-state index contributed by atoms with van der Waals surface area (Å²) in [6, 6.07) is 6.20. The third-order valence-corrected chi connectivity index (χ3v) is 3.61. The highest BCUT2D eigenvalue weighted by atomic mass is 15.0. The van der Waals surface area contributed by atoms with Crippen LogP contribution in [0.5, 0.6) is 0 Å². The number of hydrogen-bond acceptors (Lipinski definition) is 4. The largest absolute Gasteiger partial charge is 0.396 e. The highest BCUT2D eigenvalue weighted by Crippen LogP contribution is 2.45. The molecule has 1 aromatic heterocycles. The lowest BCUT2D eigenvalue weighted by molar-refractivity contribution is 0.565. The highest BCUT2D eigenvalue weighted by molar-refractivity contribution is 5.55. The molecule has 0 unspecified atom stereocenters. The Morgan fingerprint density at radius 1 is 1.29 bits per heavy atom. The van der Waals surface area contributed by atoms with Crippen molar-refractivity contribution in [1.82, 2.24) is 4.98 Å². The van der Waals surface area contributed by atoms with Gasteiger partial charge in [-0.3, -0.25) is 0 Å². The predicted octanol–water partition coefficient (Wildman–Crippen LogP) is 2.14. The fourth-order valence-corrected chi connectivity index (χ4v) is 2.34. The topological polar surface area (TPSA) is 74.7 Å². The molecule has 0 aromatic carbocycles. The average Bonchev–Trinajstić information content (AvgIpc) is 3.18. The van der Waals surface area contributed by atoms with Gasteiger partial charge in [-0.05, 0) is 49.7 Å². The summed E-state index contributed by atoms with van der Waals surface area (Å²) in [6.45, 7) is 0. The Hall–Kier alpha value is -1.76. The van der Waals surface area contributed by atoms with Crippen molar-refractivity contribution >= 4 is 11.5 Å². The lowest BCUT2D eigenvalue weighted by atomic mass is 10.1. The zero-order valence-corrected chi connectivity index (χ0v) is 9.69. The van der Waals surface area contributed by atoms with Crippen molar-refractivity contribution in [2.45, 2.75) is 31.7 Å². The summed E-state index contributed by atoms with van der Waals surface area (Å²) in [7, 11) is 0. The first kappa shape index (κ1) is 10.4. The zero-order chi connectivity index (χ0) is 11.8. The molecule has 0 bridgehead atoms. The van der Waals surface area contributed by atoms with Crippen molar-refractivity contribution in [3.63, 3.8) is 0 Å². The van der Waals surface area contributed by atoms with E-state index in [1.54, 1.807) is 6.07 Å². The first-order chi connectivity index (χ1) is 8.28. The van der Waals surface area contributed by atoms with E-state index in [0.29, 0.717) is 17.4 Å². The summed E-state index contributed by atoms with van der Waals surface area (Å²) in [6.07, 6.45) is 5.31. The summed E-state index contributed by atoms with van der Waals surface area (Å²) < 4.78 is 0. The van der Waals surface area contributed by atoms with E-state index in [2.05, 4.69) is 10.3 Å². The SMILES string of the molecule is N#Cc1nc(NC(C2CC2)C2CC2)ccc1N. The van der Waals surface area contributed by atoms with E-state index in [-0.39, 0.29) is 0 Å². The van der Waals surface area contributed by atoms with Crippen molar-refractivity contribution in [3.05, 3.63) is 17.8 Å². The third-order valence-electron chi connectivity index (χ3n) is 3.61. The quantitative estimate of drug-likeness (QED) is 0.827. The number of anilines is 2. The number of hydrogen-bond donors (Lipinski definition) is 2. The molecule has 0 spiro atoms. The first-order valence-electron chi connectivity index (χ1n) is 6.21. The van der Waals surface area contributed by atoms with Gasteiger partial charge in [0.25, 0.3) is 0 Å². The van der Waals surface area contributed by atoms with Crippen molar-refractivity contribution in [1.29, 1.82) is 5.26 Å². The van der Waals surface area contributed by atoms with Crippen LogP contribution in [0.2, 0.25) is 0 Å². The van der Waals surface area contributed by atoms with E-state index in [0.717, 1.165) is 17.7 Å². The van der Waals surface area contributed by atoms with Gasteiger partial charge < -0.3 is 11.1 Å². The van der Waals surface area contributed by atoms with Gasteiger partial charge in [-0.1, -0.05) is 0 Å². The number of nitriles is 1. The smallest absolute Gasteiger partial charge is 0.165 e. The molecule has 1 aromatic rings. The lowest BCUT2D eigenvalue weighted by Crippen LogP contribution is -2.24. The van der Waals surface area contributed by atoms with Gasteiger partial charge in [-0.15, -0.1) is 0 Å². The van der Waals surface area contributed by atoms with E-state index in [4.69, 9.17) is 11.0 Å². The monoisotopic (exact) mass is 228 g/mol. The zero-order valence-electron chi connectivity index (χ0n) is 9.69. The second kappa shape index (κ2) is 3.92. The van der Waals surface area contributed by atoms with Gasteiger partial charge >= 0.3 is 0 Å². The molecule has 0 saturated heterocycles. The Bertz CT molecular complexity index is 457. The minimum atomic E-state index is 0.320. The van der Waals surface area contributed by atoms with Gasteiger partial charge in [-0.25, -0.2) is 4.98 Å². The Morgan fingerprint density at radius 3 is 2.47 bits per heavy atom. The lowest BCUT2D eigenvalue weighted by Gasteiger charge is -2.18. The summed E-state index contributed by atoms with van der Waals surface area (Å²) >= 11 is 0. The molecule has 2 aliphatic carbocycles. The number of nitrogens with two attached hydrogens (primary N) is 1. The second-order valence-electron chi connectivity index (χ2n) is 5.09. The van der Waals surface area contributed by atoms with Crippen LogP contribution in [-0.4, -0.2) is 11.0 Å². The molecule has 2 aliphatic rings. The minimum Gasteiger partial charge on any atom is -0.396 e. The Balaban J connectivity index is 1.77. The van der Waals surface area contributed by atoms with E-state index in [1.165, 1.54) is 25.7 Å². The number of nitrogens with one attached hydrogen (secondary N) is 1. The van der Waals surface area contributed by atoms with Crippen LogP contribution in [0, 0.1) is 23.2 Å².